The molecule has 0 fully saturated rings. The maximum atomic E-state index is 4.57. The average Bonchev–Trinajstić information content (AvgIpc) is 2.15. The molecule has 0 spiro atoms. The summed E-state index contributed by atoms with van der Waals surface area (Å²) in [5.74, 6) is 0.712. The van der Waals surface area contributed by atoms with Crippen molar-refractivity contribution in [3.63, 3.8) is 0 Å². The summed E-state index contributed by atoms with van der Waals surface area (Å²) >= 11 is 5.10. The van der Waals surface area contributed by atoms with Crippen LogP contribution in [0, 0.1) is 0 Å². The van der Waals surface area contributed by atoms with Crippen LogP contribution in [0.5, 0.6) is 0 Å². The van der Waals surface area contributed by atoms with Crippen molar-refractivity contribution >= 4 is 40.8 Å². The van der Waals surface area contributed by atoms with Crippen LogP contribution in [0.1, 0.15) is 0 Å². The zero-order valence-corrected chi connectivity index (χ0v) is 7.96. The number of hydrogen-bond acceptors (Lipinski definition) is 3. The second-order valence-corrected chi connectivity index (χ2v) is 4.59. The minimum atomic E-state index is 0.712. The van der Waals surface area contributed by atoms with Gasteiger partial charge < -0.3 is 0 Å². The molecule has 0 bridgehead atoms. The first kappa shape index (κ1) is 7.03. The monoisotopic (exact) mass is 256 g/mol. The van der Waals surface area contributed by atoms with Crippen LogP contribution in [0.15, 0.2) is 16.9 Å². The van der Waals surface area contributed by atoms with E-state index < -0.39 is 0 Å². The van der Waals surface area contributed by atoms with Gasteiger partial charge in [0.05, 0.1) is 0 Å². The molecule has 1 heterocycles. The van der Waals surface area contributed by atoms with E-state index in [2.05, 4.69) is 46.6 Å². The number of nitrogens with one attached hydrogen (secondary N) is 1. The fraction of sp³-hybridized carbons (Fsp3) is 0. The number of hydrogen-bond donors (Lipinski definition) is 1. The zero-order valence-electron chi connectivity index (χ0n) is 4.37. The third-order valence-corrected chi connectivity index (χ3v) is 1.12. The van der Waals surface area contributed by atoms with E-state index in [0.717, 1.165) is 3.44 Å². The topological polar surface area (TPSA) is 38.1 Å². The molecule has 0 aromatic carbocycles. The second kappa shape index (κ2) is 3.18. The SMILES string of the molecule is [Se]=C([SeH])Nc1ccon1. The second-order valence-electron chi connectivity index (χ2n) is 1.31. The Morgan fingerprint density at radius 1 is 1.89 bits per heavy atom. The molecular formula is C4H4N2OSe2. The first-order valence-electron chi connectivity index (χ1n) is 2.19. The number of aromatic nitrogens is 1. The summed E-state index contributed by atoms with van der Waals surface area (Å²) in [5, 5.41) is 6.53. The normalized spacial score (nSPS) is 9.00. The Balaban J connectivity index is 2.58. The van der Waals surface area contributed by atoms with Gasteiger partial charge in [-0.05, 0) is 0 Å². The molecule has 1 aromatic rings. The molecule has 0 saturated carbocycles. The first-order chi connectivity index (χ1) is 4.29. The molecule has 0 atom stereocenters. The Kier molecular flexibility index (Phi) is 2.48. The van der Waals surface area contributed by atoms with Crippen LogP contribution >= 0.6 is 0 Å². The van der Waals surface area contributed by atoms with Gasteiger partial charge in [-0.15, -0.1) is 0 Å². The summed E-state index contributed by atoms with van der Waals surface area (Å²) in [5.41, 5.74) is 0. The summed E-state index contributed by atoms with van der Waals surface area (Å²) in [7, 11) is 0. The molecular weight excluding hydrogens is 250 g/mol. The molecule has 1 N–H and O–H groups in total. The van der Waals surface area contributed by atoms with Crippen molar-refractivity contribution in [3.8, 4) is 0 Å². The first-order valence-corrected chi connectivity index (χ1v) is 3.99. The van der Waals surface area contributed by atoms with Gasteiger partial charge in [-0.2, -0.15) is 0 Å². The van der Waals surface area contributed by atoms with Crippen LogP contribution in [0.3, 0.4) is 0 Å². The predicted molar refractivity (Wildman–Crippen MR) is 38.0 cm³/mol. The van der Waals surface area contributed by atoms with Crippen molar-refractivity contribution in [2.24, 2.45) is 0 Å². The van der Waals surface area contributed by atoms with E-state index >= 15 is 0 Å². The standard InChI is InChI=1S/C4H4N2OSe2/c8-4(9)5-3-1-2-7-6-3/h1-2H,(H2,5,6,8,9). The van der Waals surface area contributed by atoms with E-state index in [0.29, 0.717) is 5.82 Å². The van der Waals surface area contributed by atoms with Gasteiger partial charge >= 0.3 is 68.2 Å². The van der Waals surface area contributed by atoms with Crippen LogP contribution < -0.4 is 5.32 Å². The van der Waals surface area contributed by atoms with E-state index in [9.17, 15) is 0 Å². The van der Waals surface area contributed by atoms with Crippen molar-refractivity contribution in [1.29, 1.82) is 0 Å². The summed E-state index contributed by atoms with van der Waals surface area (Å²) in [6, 6.07) is 1.74. The Bertz CT molecular complexity index is 196. The zero-order chi connectivity index (χ0) is 6.69. The number of rotatable bonds is 2. The number of nitrogens with zero attached hydrogens (tertiary/aromatic N) is 1. The molecule has 0 amide bonds. The summed E-state index contributed by atoms with van der Waals surface area (Å²) < 4.78 is 5.48. The van der Waals surface area contributed by atoms with Crippen LogP contribution in [-0.4, -0.2) is 40.2 Å². The average molecular weight is 254 g/mol. The number of anilines is 1. The quantitative estimate of drug-likeness (QED) is 0.705. The summed E-state index contributed by atoms with van der Waals surface area (Å²) in [6.07, 6.45) is 1.51. The van der Waals surface area contributed by atoms with Gasteiger partial charge in [0.2, 0.25) is 0 Å². The molecule has 1 rings (SSSR count). The molecule has 1 aromatic heterocycles. The van der Waals surface area contributed by atoms with Gasteiger partial charge in [0.15, 0.2) is 0 Å². The molecule has 5 heteroatoms. The van der Waals surface area contributed by atoms with Crippen LogP contribution in [0.25, 0.3) is 0 Å². The van der Waals surface area contributed by atoms with Gasteiger partial charge in [-0.1, -0.05) is 0 Å². The van der Waals surface area contributed by atoms with E-state index in [1.165, 1.54) is 6.26 Å². The van der Waals surface area contributed by atoms with E-state index in [4.69, 9.17) is 0 Å². The summed E-state index contributed by atoms with van der Waals surface area (Å²) in [6.45, 7) is 0. The molecule has 48 valence electrons. The van der Waals surface area contributed by atoms with Gasteiger partial charge in [0, 0.05) is 0 Å². The molecule has 0 unspecified atom stereocenters. The fourth-order valence-electron chi connectivity index (χ4n) is 0.387. The van der Waals surface area contributed by atoms with Crippen molar-refractivity contribution < 1.29 is 4.52 Å². The van der Waals surface area contributed by atoms with Crippen molar-refractivity contribution in [2.75, 3.05) is 5.32 Å². The molecule has 0 saturated heterocycles. The fourth-order valence-corrected chi connectivity index (χ4v) is 0.846. The summed E-state index contributed by atoms with van der Waals surface area (Å²) in [4.78, 5) is 0. The van der Waals surface area contributed by atoms with Crippen LogP contribution in [0.4, 0.5) is 5.82 Å². The van der Waals surface area contributed by atoms with Gasteiger partial charge in [-0.3, -0.25) is 0 Å². The molecule has 0 aliphatic rings. The van der Waals surface area contributed by atoms with E-state index in [-0.39, 0.29) is 0 Å². The van der Waals surface area contributed by atoms with Crippen molar-refractivity contribution in [3.05, 3.63) is 12.3 Å². The van der Waals surface area contributed by atoms with E-state index in [1.54, 1.807) is 6.07 Å². The minimum absolute atomic E-state index is 0.712. The predicted octanol–water partition coefficient (Wildman–Crippen LogP) is -0.757. The van der Waals surface area contributed by atoms with Crippen molar-refractivity contribution in [1.82, 2.24) is 5.16 Å². The van der Waals surface area contributed by atoms with Gasteiger partial charge in [-0.25, -0.2) is 0 Å². The Morgan fingerprint density at radius 3 is 3.11 bits per heavy atom. The van der Waals surface area contributed by atoms with Crippen LogP contribution in [-0.2, 0) is 0 Å². The van der Waals surface area contributed by atoms with Crippen molar-refractivity contribution in [2.45, 2.75) is 0 Å². The molecule has 0 radical (unpaired) electrons. The van der Waals surface area contributed by atoms with Gasteiger partial charge in [0.1, 0.15) is 0 Å². The van der Waals surface area contributed by atoms with E-state index in [1.807, 2.05) is 0 Å². The van der Waals surface area contributed by atoms with Crippen LogP contribution in [0.2, 0.25) is 0 Å². The third kappa shape index (κ3) is 2.33. The Labute approximate surface area is 68.3 Å². The molecule has 0 aliphatic carbocycles. The Morgan fingerprint density at radius 2 is 2.67 bits per heavy atom. The molecule has 0 aliphatic heterocycles. The molecule has 9 heavy (non-hydrogen) atoms. The molecule has 3 nitrogen and oxygen atoms in total. The van der Waals surface area contributed by atoms with Gasteiger partial charge in [0.25, 0.3) is 0 Å². The third-order valence-electron chi connectivity index (χ3n) is 0.673. The Hall–Kier alpha value is -0.0810. The maximum absolute atomic E-state index is 4.57.